The van der Waals surface area contributed by atoms with Crippen LogP contribution in [-0.2, 0) is 19.6 Å². The van der Waals surface area contributed by atoms with E-state index in [1.165, 1.54) is 9.21 Å². The molecule has 7 nitrogen and oxygen atoms in total. The molecule has 0 spiro atoms. The molecule has 20 heavy (non-hydrogen) atoms. The van der Waals surface area contributed by atoms with Gasteiger partial charge in [-0.25, -0.2) is 8.42 Å². The van der Waals surface area contributed by atoms with Gasteiger partial charge in [0.05, 0.1) is 11.7 Å². The lowest BCUT2D eigenvalue weighted by Gasteiger charge is -2.27. The van der Waals surface area contributed by atoms with Crippen LogP contribution in [0.2, 0.25) is 0 Å². The van der Waals surface area contributed by atoms with Crippen LogP contribution in [0.1, 0.15) is 26.2 Å². The molecule has 0 saturated carbocycles. The number of carboxylic acid groups (broad SMARTS) is 1. The molecule has 114 valence electrons. The summed E-state index contributed by atoms with van der Waals surface area (Å²) in [5.41, 5.74) is -0.926. The molecular formula is C12H20N2O5S. The highest BCUT2D eigenvalue weighted by Crippen LogP contribution is 2.32. The average molecular weight is 304 g/mol. The topological polar surface area (TPSA) is 95.0 Å². The molecule has 2 heterocycles. The Kier molecular flexibility index (Phi) is 3.81. The summed E-state index contributed by atoms with van der Waals surface area (Å²) in [4.78, 5) is 25.1. The number of sulfonamides is 1. The molecule has 8 heteroatoms. The molecule has 0 radical (unpaired) electrons. The fraction of sp³-hybridized carbons (Fsp3) is 0.833. The van der Waals surface area contributed by atoms with E-state index in [0.717, 1.165) is 6.26 Å². The Hall–Kier alpha value is -1.15. The van der Waals surface area contributed by atoms with Crippen LogP contribution in [0, 0.1) is 5.41 Å². The first-order valence-corrected chi connectivity index (χ1v) is 8.49. The van der Waals surface area contributed by atoms with Crippen molar-refractivity contribution in [1.29, 1.82) is 0 Å². The van der Waals surface area contributed by atoms with E-state index in [-0.39, 0.29) is 12.5 Å². The van der Waals surface area contributed by atoms with Gasteiger partial charge >= 0.3 is 5.97 Å². The Balaban J connectivity index is 2.11. The largest absolute Gasteiger partial charge is 0.481 e. The molecule has 1 N–H and O–H groups in total. The van der Waals surface area contributed by atoms with Crippen LogP contribution >= 0.6 is 0 Å². The molecule has 2 fully saturated rings. The van der Waals surface area contributed by atoms with Crippen molar-refractivity contribution in [3.05, 3.63) is 0 Å². The summed E-state index contributed by atoms with van der Waals surface area (Å²) >= 11 is 0. The smallest absolute Gasteiger partial charge is 0.311 e. The molecule has 0 aromatic rings. The van der Waals surface area contributed by atoms with Gasteiger partial charge in [-0.1, -0.05) is 0 Å². The van der Waals surface area contributed by atoms with Gasteiger partial charge in [0.2, 0.25) is 15.9 Å². The van der Waals surface area contributed by atoms with Crippen molar-refractivity contribution < 1.29 is 23.1 Å². The molecule has 0 aromatic heterocycles. The Morgan fingerprint density at radius 2 is 1.95 bits per heavy atom. The third-order valence-electron chi connectivity index (χ3n) is 4.22. The summed E-state index contributed by atoms with van der Waals surface area (Å²) < 4.78 is 24.5. The summed E-state index contributed by atoms with van der Waals surface area (Å²) in [7, 11) is -3.40. The van der Waals surface area contributed by atoms with Crippen molar-refractivity contribution in [1.82, 2.24) is 9.21 Å². The van der Waals surface area contributed by atoms with Crippen molar-refractivity contribution in [3.8, 4) is 0 Å². The second-order valence-corrected chi connectivity index (χ2v) is 7.84. The van der Waals surface area contributed by atoms with Gasteiger partial charge in [0.1, 0.15) is 6.04 Å². The number of rotatable bonds is 3. The highest BCUT2D eigenvalue weighted by Gasteiger charge is 2.46. The molecule has 2 aliphatic rings. The number of amides is 1. The van der Waals surface area contributed by atoms with E-state index < -0.39 is 27.4 Å². The zero-order valence-corrected chi connectivity index (χ0v) is 12.5. The van der Waals surface area contributed by atoms with E-state index in [1.807, 2.05) is 0 Å². The van der Waals surface area contributed by atoms with E-state index in [9.17, 15) is 23.1 Å². The van der Waals surface area contributed by atoms with Gasteiger partial charge in [0.25, 0.3) is 0 Å². The number of carbonyl (C=O) groups excluding carboxylic acids is 1. The van der Waals surface area contributed by atoms with Gasteiger partial charge in [-0.3, -0.25) is 9.59 Å². The summed E-state index contributed by atoms with van der Waals surface area (Å²) in [6.07, 6.45) is 2.67. The van der Waals surface area contributed by atoms with Crippen LogP contribution in [0.25, 0.3) is 0 Å². The number of likely N-dealkylation sites (tertiary alicyclic amines) is 1. The van der Waals surface area contributed by atoms with Crippen molar-refractivity contribution in [3.63, 3.8) is 0 Å². The Morgan fingerprint density at radius 1 is 1.30 bits per heavy atom. The Bertz CT molecular complexity index is 532. The molecule has 1 amide bonds. The quantitative estimate of drug-likeness (QED) is 0.774. The number of hydrogen-bond donors (Lipinski definition) is 1. The molecule has 0 aromatic carbocycles. The van der Waals surface area contributed by atoms with E-state index in [1.54, 1.807) is 6.92 Å². The second-order valence-electron chi connectivity index (χ2n) is 5.91. The van der Waals surface area contributed by atoms with Gasteiger partial charge in [-0.2, -0.15) is 4.31 Å². The minimum Gasteiger partial charge on any atom is -0.481 e. The number of carbonyl (C=O) groups is 2. The van der Waals surface area contributed by atoms with Crippen LogP contribution in [0.15, 0.2) is 0 Å². The van der Waals surface area contributed by atoms with Crippen LogP contribution in [0.3, 0.4) is 0 Å². The predicted octanol–water partition coefficient (Wildman–Crippen LogP) is -0.266. The first-order valence-electron chi connectivity index (χ1n) is 6.64. The minimum absolute atomic E-state index is 0.148. The molecular weight excluding hydrogens is 284 g/mol. The lowest BCUT2D eigenvalue weighted by atomic mass is 9.90. The van der Waals surface area contributed by atoms with E-state index >= 15 is 0 Å². The highest BCUT2D eigenvalue weighted by molar-refractivity contribution is 7.88. The molecule has 0 bridgehead atoms. The summed E-state index contributed by atoms with van der Waals surface area (Å²) in [6, 6.07) is -0.666. The van der Waals surface area contributed by atoms with Gasteiger partial charge in [-0.05, 0) is 26.2 Å². The molecule has 2 aliphatic heterocycles. The van der Waals surface area contributed by atoms with Crippen LogP contribution in [0.4, 0.5) is 0 Å². The summed E-state index contributed by atoms with van der Waals surface area (Å²) in [5.74, 6) is -1.18. The van der Waals surface area contributed by atoms with Gasteiger partial charge < -0.3 is 10.0 Å². The van der Waals surface area contributed by atoms with Gasteiger partial charge in [0.15, 0.2) is 0 Å². The lowest BCUT2D eigenvalue weighted by molar-refractivity contribution is -0.147. The van der Waals surface area contributed by atoms with Gasteiger partial charge in [-0.15, -0.1) is 0 Å². The third kappa shape index (κ3) is 2.67. The maximum Gasteiger partial charge on any atom is 0.311 e. The maximum atomic E-state index is 12.4. The number of hydrogen-bond acceptors (Lipinski definition) is 4. The second kappa shape index (κ2) is 5.00. The fourth-order valence-electron chi connectivity index (χ4n) is 2.92. The first kappa shape index (κ1) is 15.2. The van der Waals surface area contributed by atoms with Gasteiger partial charge in [0, 0.05) is 19.6 Å². The Morgan fingerprint density at radius 3 is 2.45 bits per heavy atom. The number of carboxylic acids is 1. The first-order chi connectivity index (χ1) is 9.15. The van der Waals surface area contributed by atoms with E-state index in [0.29, 0.717) is 32.4 Å². The molecule has 2 rings (SSSR count). The summed E-state index contributed by atoms with van der Waals surface area (Å²) in [5, 5.41) is 9.17. The molecule has 0 unspecified atom stereocenters. The standard InChI is InChI=1S/C12H20N2O5S/c1-12(11(16)17)5-7-13(8-12)10(15)9-4-3-6-14(9)20(2,18)19/h9H,3-8H2,1-2H3,(H,16,17)/t9-,12-/m1/s1. The van der Waals surface area contributed by atoms with Crippen molar-refractivity contribution in [2.24, 2.45) is 5.41 Å². The van der Waals surface area contributed by atoms with Crippen LogP contribution in [0.5, 0.6) is 0 Å². The monoisotopic (exact) mass is 304 g/mol. The SMILES string of the molecule is C[C@@]1(C(=O)O)CCN(C(=O)[C@H]2CCCN2S(C)(=O)=O)C1. The molecule has 2 saturated heterocycles. The summed E-state index contributed by atoms with van der Waals surface area (Å²) in [6.45, 7) is 2.50. The third-order valence-corrected chi connectivity index (χ3v) is 5.51. The maximum absolute atomic E-state index is 12.4. The lowest BCUT2D eigenvalue weighted by Crippen LogP contribution is -2.47. The van der Waals surface area contributed by atoms with E-state index in [2.05, 4.69) is 0 Å². The van der Waals surface area contributed by atoms with Crippen molar-refractivity contribution in [2.75, 3.05) is 25.9 Å². The predicted molar refractivity (Wildman–Crippen MR) is 71.5 cm³/mol. The normalized spacial score (nSPS) is 31.7. The highest BCUT2D eigenvalue weighted by atomic mass is 32.2. The average Bonchev–Trinajstić information content (AvgIpc) is 2.94. The molecule has 0 aliphatic carbocycles. The van der Waals surface area contributed by atoms with Crippen molar-refractivity contribution in [2.45, 2.75) is 32.2 Å². The number of aliphatic carboxylic acids is 1. The minimum atomic E-state index is -3.40. The zero-order valence-electron chi connectivity index (χ0n) is 11.7. The number of nitrogens with zero attached hydrogens (tertiary/aromatic N) is 2. The Labute approximate surface area is 118 Å². The van der Waals surface area contributed by atoms with Crippen LogP contribution in [-0.4, -0.2) is 66.5 Å². The fourth-order valence-corrected chi connectivity index (χ4v) is 4.04. The molecule has 2 atom stereocenters. The van der Waals surface area contributed by atoms with Crippen molar-refractivity contribution >= 4 is 21.9 Å². The zero-order chi connectivity index (χ0) is 15.1. The van der Waals surface area contributed by atoms with E-state index in [4.69, 9.17) is 0 Å². The van der Waals surface area contributed by atoms with Crippen LogP contribution < -0.4 is 0 Å².